The molecular weight excluding hydrogens is 310 g/mol. The molecule has 4 rings (SSSR count). The highest BCUT2D eigenvalue weighted by molar-refractivity contribution is 7.17. The Morgan fingerprint density at radius 2 is 1.91 bits per heavy atom. The fraction of sp³-hybridized carbons (Fsp3) is 0.353. The maximum atomic E-state index is 12.6. The van der Waals surface area contributed by atoms with Crippen molar-refractivity contribution in [2.75, 3.05) is 5.32 Å². The number of nitrogens with zero attached hydrogens (tertiary/aromatic N) is 1. The molecule has 1 fully saturated rings. The van der Waals surface area contributed by atoms with Crippen LogP contribution in [0.5, 0.6) is 0 Å². The molecule has 5 nitrogen and oxygen atoms in total. The number of hydrogen-bond donors (Lipinski definition) is 2. The van der Waals surface area contributed by atoms with Crippen LogP contribution in [0.3, 0.4) is 0 Å². The molecule has 0 unspecified atom stereocenters. The lowest BCUT2D eigenvalue weighted by atomic mass is 10.1. The van der Waals surface area contributed by atoms with Gasteiger partial charge >= 0.3 is 0 Å². The van der Waals surface area contributed by atoms with Gasteiger partial charge in [0.25, 0.3) is 11.8 Å². The summed E-state index contributed by atoms with van der Waals surface area (Å²) in [6, 6.07) is 3.64. The van der Waals surface area contributed by atoms with E-state index in [9.17, 15) is 9.59 Å². The number of rotatable bonds is 4. The molecule has 2 aromatic heterocycles. The van der Waals surface area contributed by atoms with Crippen molar-refractivity contribution in [3.63, 3.8) is 0 Å². The molecule has 0 aliphatic heterocycles. The molecule has 2 amide bonds. The Bertz CT molecular complexity index is 766. The Kier molecular flexibility index (Phi) is 3.61. The molecule has 2 aromatic rings. The van der Waals surface area contributed by atoms with Crippen LogP contribution in [0.1, 0.15) is 50.4 Å². The molecule has 2 aliphatic rings. The second kappa shape index (κ2) is 5.77. The third-order valence-electron chi connectivity index (χ3n) is 4.23. The van der Waals surface area contributed by atoms with Gasteiger partial charge in [-0.3, -0.25) is 14.6 Å². The van der Waals surface area contributed by atoms with Crippen molar-refractivity contribution < 1.29 is 9.59 Å². The number of amides is 2. The van der Waals surface area contributed by atoms with Gasteiger partial charge in [0.05, 0.1) is 5.56 Å². The molecule has 0 spiro atoms. The van der Waals surface area contributed by atoms with Crippen molar-refractivity contribution in [1.29, 1.82) is 0 Å². The van der Waals surface area contributed by atoms with Crippen molar-refractivity contribution in [1.82, 2.24) is 10.3 Å². The van der Waals surface area contributed by atoms with Crippen molar-refractivity contribution >= 4 is 28.2 Å². The lowest BCUT2D eigenvalue weighted by Gasteiger charge is -2.09. The summed E-state index contributed by atoms with van der Waals surface area (Å²) >= 11 is 1.54. The van der Waals surface area contributed by atoms with E-state index in [1.165, 1.54) is 16.2 Å². The van der Waals surface area contributed by atoms with E-state index in [1.807, 2.05) is 0 Å². The van der Waals surface area contributed by atoms with Crippen LogP contribution in [0.15, 0.2) is 24.5 Å². The summed E-state index contributed by atoms with van der Waals surface area (Å²) in [6.07, 6.45) is 8.28. The number of aryl methyl sites for hydroxylation is 1. The van der Waals surface area contributed by atoms with Gasteiger partial charge in [-0.25, -0.2) is 0 Å². The maximum Gasteiger partial charge on any atom is 0.256 e. The highest BCUT2D eigenvalue weighted by Gasteiger charge is 2.31. The van der Waals surface area contributed by atoms with Gasteiger partial charge in [-0.05, 0) is 49.8 Å². The second-order valence-electron chi connectivity index (χ2n) is 6.00. The van der Waals surface area contributed by atoms with Crippen LogP contribution in [-0.2, 0) is 12.8 Å². The zero-order chi connectivity index (χ0) is 15.8. The van der Waals surface area contributed by atoms with Gasteiger partial charge in [0.2, 0.25) is 0 Å². The monoisotopic (exact) mass is 327 g/mol. The van der Waals surface area contributed by atoms with Crippen LogP contribution in [0.4, 0.5) is 5.00 Å². The molecule has 0 bridgehead atoms. The van der Waals surface area contributed by atoms with Crippen molar-refractivity contribution in [3.05, 3.63) is 46.1 Å². The first-order chi connectivity index (χ1) is 11.2. The average molecular weight is 327 g/mol. The maximum absolute atomic E-state index is 12.6. The lowest BCUT2D eigenvalue weighted by Crippen LogP contribution is -2.27. The number of fused-ring (bicyclic) bond motifs is 1. The SMILES string of the molecule is O=C(Nc1sc2c(c1C(=O)NC1CC1)CCC2)c1ccncc1. The summed E-state index contributed by atoms with van der Waals surface area (Å²) in [4.78, 5) is 30.1. The van der Waals surface area contributed by atoms with Crippen LogP contribution in [0.25, 0.3) is 0 Å². The largest absolute Gasteiger partial charge is 0.349 e. The highest BCUT2D eigenvalue weighted by Crippen LogP contribution is 2.39. The summed E-state index contributed by atoms with van der Waals surface area (Å²) in [5.74, 6) is -0.246. The highest BCUT2D eigenvalue weighted by atomic mass is 32.1. The Balaban J connectivity index is 1.62. The van der Waals surface area contributed by atoms with Gasteiger partial charge in [0, 0.05) is 28.9 Å². The summed E-state index contributed by atoms with van der Waals surface area (Å²) in [5, 5.41) is 6.64. The van der Waals surface area contributed by atoms with E-state index < -0.39 is 0 Å². The van der Waals surface area contributed by atoms with Crippen molar-refractivity contribution in [2.24, 2.45) is 0 Å². The number of thiophene rings is 1. The van der Waals surface area contributed by atoms with Crippen LogP contribution in [0.2, 0.25) is 0 Å². The predicted octanol–water partition coefficient (Wildman–Crippen LogP) is 2.78. The minimum absolute atomic E-state index is 0.0445. The number of aromatic nitrogens is 1. The van der Waals surface area contributed by atoms with Crippen LogP contribution < -0.4 is 10.6 Å². The normalized spacial score (nSPS) is 16.0. The first-order valence-electron chi connectivity index (χ1n) is 7.89. The standard InChI is InChI=1S/C17H17N3O2S/c21-15(10-6-8-18-9-7-10)20-17-14(16(22)19-11-4-5-11)12-2-1-3-13(12)23-17/h6-9,11H,1-5H2,(H,19,22)(H,20,21). The van der Waals surface area contributed by atoms with Crippen LogP contribution in [-0.4, -0.2) is 22.8 Å². The predicted molar refractivity (Wildman–Crippen MR) is 89.0 cm³/mol. The zero-order valence-electron chi connectivity index (χ0n) is 12.6. The van der Waals surface area contributed by atoms with E-state index in [-0.39, 0.29) is 11.8 Å². The fourth-order valence-corrected chi connectivity index (χ4v) is 4.18. The van der Waals surface area contributed by atoms with E-state index in [4.69, 9.17) is 0 Å². The summed E-state index contributed by atoms with van der Waals surface area (Å²) in [5.41, 5.74) is 2.34. The van der Waals surface area contributed by atoms with Crippen molar-refractivity contribution in [3.8, 4) is 0 Å². The molecule has 1 saturated carbocycles. The summed E-state index contributed by atoms with van der Waals surface area (Å²) in [6.45, 7) is 0. The molecule has 2 N–H and O–H groups in total. The first-order valence-corrected chi connectivity index (χ1v) is 8.71. The molecule has 118 valence electrons. The van der Waals surface area contributed by atoms with Gasteiger partial charge in [-0.2, -0.15) is 0 Å². The van der Waals surface area contributed by atoms with E-state index in [0.717, 1.165) is 37.7 Å². The minimum atomic E-state index is -0.201. The lowest BCUT2D eigenvalue weighted by molar-refractivity contribution is 0.0951. The Labute approximate surface area is 138 Å². The third-order valence-corrected chi connectivity index (χ3v) is 5.44. The topological polar surface area (TPSA) is 71.1 Å². The molecule has 0 radical (unpaired) electrons. The van der Waals surface area contributed by atoms with Gasteiger partial charge in [0.15, 0.2) is 0 Å². The minimum Gasteiger partial charge on any atom is -0.349 e. The molecule has 0 aromatic carbocycles. The molecule has 0 atom stereocenters. The van der Waals surface area contributed by atoms with Gasteiger partial charge < -0.3 is 10.6 Å². The Morgan fingerprint density at radius 3 is 2.65 bits per heavy atom. The van der Waals surface area contributed by atoms with Gasteiger partial charge in [-0.15, -0.1) is 11.3 Å². The number of hydrogen-bond acceptors (Lipinski definition) is 4. The quantitative estimate of drug-likeness (QED) is 0.907. The van der Waals surface area contributed by atoms with Gasteiger partial charge in [0.1, 0.15) is 5.00 Å². The molecule has 2 heterocycles. The van der Waals surface area contributed by atoms with E-state index in [2.05, 4.69) is 15.6 Å². The van der Waals surface area contributed by atoms with Crippen LogP contribution >= 0.6 is 11.3 Å². The second-order valence-corrected chi connectivity index (χ2v) is 7.10. The number of carbonyl (C=O) groups excluding carboxylic acids is 2. The average Bonchev–Trinajstić information content (AvgIpc) is 3.14. The Morgan fingerprint density at radius 1 is 1.13 bits per heavy atom. The van der Waals surface area contributed by atoms with E-state index in [1.54, 1.807) is 24.5 Å². The van der Waals surface area contributed by atoms with Crippen molar-refractivity contribution in [2.45, 2.75) is 38.1 Å². The molecule has 6 heteroatoms. The fourth-order valence-electron chi connectivity index (χ4n) is 2.90. The number of nitrogens with one attached hydrogen (secondary N) is 2. The van der Waals surface area contributed by atoms with E-state index >= 15 is 0 Å². The van der Waals surface area contributed by atoms with Gasteiger partial charge in [-0.1, -0.05) is 0 Å². The summed E-state index contributed by atoms with van der Waals surface area (Å²) < 4.78 is 0. The number of pyridine rings is 1. The molecule has 2 aliphatic carbocycles. The van der Waals surface area contributed by atoms with Crippen LogP contribution in [0, 0.1) is 0 Å². The van der Waals surface area contributed by atoms with E-state index in [0.29, 0.717) is 22.2 Å². The molecule has 23 heavy (non-hydrogen) atoms. The summed E-state index contributed by atoms with van der Waals surface area (Å²) in [7, 11) is 0. The third kappa shape index (κ3) is 2.86. The molecule has 0 saturated heterocycles. The zero-order valence-corrected chi connectivity index (χ0v) is 13.4. The number of carbonyl (C=O) groups is 2. The Hall–Kier alpha value is -2.21. The number of anilines is 1. The molecular formula is C17H17N3O2S. The first kappa shape index (κ1) is 14.4. The smallest absolute Gasteiger partial charge is 0.256 e.